The molecule has 88 valence electrons. The van der Waals surface area contributed by atoms with Gasteiger partial charge in [0.25, 0.3) is 5.91 Å². The van der Waals surface area contributed by atoms with Gasteiger partial charge in [0.15, 0.2) is 5.69 Å². The standard InChI is InChI=1S/C9H12BrN3O3/c1-2-6(5-10)11-9(14)7-3-4-8(12-7)13(15)16/h3-4,6,12H,2,5H2,1H3,(H,11,14). The van der Waals surface area contributed by atoms with Gasteiger partial charge in [0.2, 0.25) is 0 Å². The van der Waals surface area contributed by atoms with Crippen molar-refractivity contribution in [2.24, 2.45) is 0 Å². The van der Waals surface area contributed by atoms with Crippen molar-refractivity contribution >= 4 is 27.7 Å². The maximum atomic E-state index is 11.6. The summed E-state index contributed by atoms with van der Waals surface area (Å²) in [5.41, 5.74) is 0.200. The van der Waals surface area contributed by atoms with E-state index in [1.54, 1.807) is 0 Å². The SMILES string of the molecule is CCC(CBr)NC(=O)c1ccc([N+](=O)[O-])[nH]1. The van der Waals surface area contributed by atoms with E-state index in [9.17, 15) is 14.9 Å². The molecule has 1 aromatic rings. The highest BCUT2D eigenvalue weighted by Crippen LogP contribution is 2.10. The molecule has 1 atom stereocenters. The molecular formula is C9H12BrN3O3. The lowest BCUT2D eigenvalue weighted by Crippen LogP contribution is -2.35. The Kier molecular flexibility index (Phi) is 4.48. The Hall–Kier alpha value is -1.37. The molecule has 6 nitrogen and oxygen atoms in total. The summed E-state index contributed by atoms with van der Waals surface area (Å²) in [6.07, 6.45) is 0.791. The van der Waals surface area contributed by atoms with Crippen LogP contribution in [0.25, 0.3) is 0 Å². The van der Waals surface area contributed by atoms with Gasteiger partial charge in [0, 0.05) is 17.4 Å². The summed E-state index contributed by atoms with van der Waals surface area (Å²) in [6.45, 7) is 1.95. The summed E-state index contributed by atoms with van der Waals surface area (Å²) >= 11 is 3.27. The van der Waals surface area contributed by atoms with Crippen LogP contribution in [0.5, 0.6) is 0 Å². The second-order valence-corrected chi connectivity index (χ2v) is 3.89. The van der Waals surface area contributed by atoms with Gasteiger partial charge in [0.1, 0.15) is 0 Å². The van der Waals surface area contributed by atoms with E-state index in [1.807, 2.05) is 6.92 Å². The Balaban J connectivity index is 2.69. The number of H-pyrrole nitrogens is 1. The van der Waals surface area contributed by atoms with Crippen molar-refractivity contribution in [3.05, 3.63) is 27.9 Å². The molecule has 0 radical (unpaired) electrons. The van der Waals surface area contributed by atoms with Gasteiger partial charge >= 0.3 is 5.82 Å². The first kappa shape index (κ1) is 12.7. The van der Waals surface area contributed by atoms with Gasteiger partial charge in [-0.15, -0.1) is 0 Å². The number of carbonyl (C=O) groups excluding carboxylic acids is 1. The molecule has 1 aromatic heterocycles. The van der Waals surface area contributed by atoms with Crippen molar-refractivity contribution in [2.45, 2.75) is 19.4 Å². The van der Waals surface area contributed by atoms with Gasteiger partial charge in [0.05, 0.1) is 0 Å². The lowest BCUT2D eigenvalue weighted by atomic mass is 10.2. The molecule has 0 aliphatic rings. The molecule has 0 spiro atoms. The van der Waals surface area contributed by atoms with Crippen LogP contribution in [0.3, 0.4) is 0 Å². The van der Waals surface area contributed by atoms with Crippen molar-refractivity contribution in [2.75, 3.05) is 5.33 Å². The lowest BCUT2D eigenvalue weighted by molar-refractivity contribution is -0.389. The number of nitrogens with zero attached hydrogens (tertiary/aromatic N) is 1. The molecule has 7 heteroatoms. The van der Waals surface area contributed by atoms with Crippen LogP contribution in [-0.2, 0) is 0 Å². The second-order valence-electron chi connectivity index (χ2n) is 3.25. The quantitative estimate of drug-likeness (QED) is 0.492. The van der Waals surface area contributed by atoms with Gasteiger partial charge in [-0.3, -0.25) is 4.79 Å². The first-order valence-electron chi connectivity index (χ1n) is 4.78. The van der Waals surface area contributed by atoms with E-state index in [0.29, 0.717) is 5.33 Å². The van der Waals surface area contributed by atoms with Gasteiger partial charge in [-0.2, -0.15) is 0 Å². The first-order valence-corrected chi connectivity index (χ1v) is 5.90. The minimum atomic E-state index is -0.571. The number of hydrogen-bond donors (Lipinski definition) is 2. The Bertz CT molecular complexity index is 387. The largest absolute Gasteiger partial charge is 0.358 e. The lowest BCUT2D eigenvalue weighted by Gasteiger charge is -2.11. The fourth-order valence-corrected chi connectivity index (χ4v) is 1.76. The molecule has 0 saturated carbocycles. The monoisotopic (exact) mass is 289 g/mol. The molecular weight excluding hydrogens is 278 g/mol. The maximum Gasteiger partial charge on any atom is 0.321 e. The number of rotatable bonds is 5. The molecule has 0 aliphatic carbocycles. The zero-order valence-electron chi connectivity index (χ0n) is 8.70. The molecule has 1 amide bonds. The Morgan fingerprint density at radius 3 is 2.81 bits per heavy atom. The van der Waals surface area contributed by atoms with Crippen molar-refractivity contribution in [3.8, 4) is 0 Å². The average Bonchev–Trinajstić information content (AvgIpc) is 2.74. The highest BCUT2D eigenvalue weighted by molar-refractivity contribution is 9.09. The van der Waals surface area contributed by atoms with Crippen LogP contribution in [0, 0.1) is 10.1 Å². The van der Waals surface area contributed by atoms with Gasteiger partial charge in [-0.25, -0.2) is 4.98 Å². The second kappa shape index (κ2) is 5.64. The predicted molar refractivity (Wildman–Crippen MR) is 62.8 cm³/mol. The normalized spacial score (nSPS) is 12.1. The third-order valence-electron chi connectivity index (χ3n) is 2.13. The first-order chi connectivity index (χ1) is 7.58. The summed E-state index contributed by atoms with van der Waals surface area (Å²) in [4.78, 5) is 23.9. The summed E-state index contributed by atoms with van der Waals surface area (Å²) in [6, 6.07) is 2.69. The smallest absolute Gasteiger partial charge is 0.321 e. The van der Waals surface area contributed by atoms with Crippen LogP contribution in [0.4, 0.5) is 5.82 Å². The minimum absolute atomic E-state index is 0.0230. The van der Waals surface area contributed by atoms with Gasteiger partial charge in [-0.05, 0) is 17.4 Å². The van der Waals surface area contributed by atoms with Crippen molar-refractivity contribution < 1.29 is 9.72 Å². The number of aromatic nitrogens is 1. The molecule has 1 unspecified atom stereocenters. The molecule has 0 bridgehead atoms. The van der Waals surface area contributed by atoms with E-state index < -0.39 is 4.92 Å². The summed E-state index contributed by atoms with van der Waals surface area (Å²) in [5.74, 6) is -0.517. The predicted octanol–water partition coefficient (Wildman–Crippen LogP) is 1.83. The van der Waals surface area contributed by atoms with Gasteiger partial charge < -0.3 is 15.4 Å². The van der Waals surface area contributed by atoms with Crippen LogP contribution < -0.4 is 5.32 Å². The van der Waals surface area contributed by atoms with Crippen LogP contribution >= 0.6 is 15.9 Å². The fourth-order valence-electron chi connectivity index (χ4n) is 1.14. The zero-order valence-corrected chi connectivity index (χ0v) is 10.3. The molecule has 0 aliphatic heterocycles. The molecule has 1 rings (SSSR count). The van der Waals surface area contributed by atoms with Crippen molar-refractivity contribution in [3.63, 3.8) is 0 Å². The van der Waals surface area contributed by atoms with E-state index >= 15 is 0 Å². The summed E-state index contributed by atoms with van der Waals surface area (Å²) < 4.78 is 0. The topological polar surface area (TPSA) is 88.0 Å². The maximum absolute atomic E-state index is 11.6. The average molecular weight is 290 g/mol. The molecule has 0 aromatic carbocycles. The van der Waals surface area contributed by atoms with E-state index in [1.165, 1.54) is 12.1 Å². The number of aromatic amines is 1. The van der Waals surface area contributed by atoms with Crippen LogP contribution in [-0.4, -0.2) is 27.2 Å². The highest BCUT2D eigenvalue weighted by atomic mass is 79.9. The number of amides is 1. The number of nitro groups is 1. The molecule has 2 N–H and O–H groups in total. The fraction of sp³-hybridized carbons (Fsp3) is 0.444. The van der Waals surface area contributed by atoms with E-state index in [2.05, 4.69) is 26.2 Å². The van der Waals surface area contributed by atoms with Crippen LogP contribution in [0.1, 0.15) is 23.8 Å². The number of nitrogens with one attached hydrogen (secondary N) is 2. The number of alkyl halides is 1. The van der Waals surface area contributed by atoms with Crippen molar-refractivity contribution in [1.82, 2.24) is 10.3 Å². The number of halogens is 1. The van der Waals surface area contributed by atoms with E-state index in [4.69, 9.17) is 0 Å². The Morgan fingerprint density at radius 2 is 2.38 bits per heavy atom. The highest BCUT2D eigenvalue weighted by Gasteiger charge is 2.17. The molecule has 0 fully saturated rings. The van der Waals surface area contributed by atoms with E-state index in [-0.39, 0.29) is 23.5 Å². The zero-order chi connectivity index (χ0) is 12.1. The Labute approximate surface area is 101 Å². The van der Waals surface area contributed by atoms with Crippen LogP contribution in [0.15, 0.2) is 12.1 Å². The van der Waals surface area contributed by atoms with Crippen LogP contribution in [0.2, 0.25) is 0 Å². The number of hydrogen-bond acceptors (Lipinski definition) is 3. The number of carbonyl (C=O) groups is 1. The third-order valence-corrected chi connectivity index (χ3v) is 2.91. The third kappa shape index (κ3) is 3.06. The molecule has 16 heavy (non-hydrogen) atoms. The van der Waals surface area contributed by atoms with Gasteiger partial charge in [-0.1, -0.05) is 22.9 Å². The summed E-state index contributed by atoms with van der Waals surface area (Å²) in [5, 5.41) is 13.8. The molecule has 0 saturated heterocycles. The Morgan fingerprint density at radius 1 is 1.69 bits per heavy atom. The summed E-state index contributed by atoms with van der Waals surface area (Å²) in [7, 11) is 0. The minimum Gasteiger partial charge on any atom is -0.358 e. The molecule has 1 heterocycles. The van der Waals surface area contributed by atoms with Crippen molar-refractivity contribution in [1.29, 1.82) is 0 Å². The van der Waals surface area contributed by atoms with E-state index in [0.717, 1.165) is 6.42 Å².